The van der Waals surface area contributed by atoms with E-state index in [1.54, 1.807) is 7.11 Å². The van der Waals surface area contributed by atoms with Gasteiger partial charge in [0.2, 0.25) is 0 Å². The molecule has 0 aliphatic rings. The van der Waals surface area contributed by atoms with Crippen molar-refractivity contribution >= 4 is 15.9 Å². The van der Waals surface area contributed by atoms with E-state index in [0.717, 1.165) is 16.6 Å². The molecule has 0 radical (unpaired) electrons. The van der Waals surface area contributed by atoms with Crippen molar-refractivity contribution < 1.29 is 4.74 Å². The van der Waals surface area contributed by atoms with E-state index in [9.17, 15) is 0 Å². The fraction of sp³-hybridized carbons (Fsp3) is 0.600. The Kier molecular flexibility index (Phi) is 5.83. The van der Waals surface area contributed by atoms with Crippen LogP contribution >= 0.6 is 15.9 Å². The summed E-state index contributed by atoms with van der Waals surface area (Å²) < 4.78 is 6.28. The van der Waals surface area contributed by atoms with Gasteiger partial charge in [0.15, 0.2) is 0 Å². The van der Waals surface area contributed by atoms with Gasteiger partial charge < -0.3 is 15.4 Å². The number of nitrogens with two attached hydrogens (primary N) is 1. The molecule has 3 nitrogen and oxygen atoms in total. The molecule has 0 spiro atoms. The Morgan fingerprint density at radius 2 is 2.00 bits per heavy atom. The summed E-state index contributed by atoms with van der Waals surface area (Å²) >= 11 is 3.56. The fourth-order valence-corrected chi connectivity index (χ4v) is 3.37. The van der Waals surface area contributed by atoms with Crippen molar-refractivity contribution in [3.8, 4) is 5.75 Å². The van der Waals surface area contributed by atoms with E-state index < -0.39 is 0 Å². The van der Waals surface area contributed by atoms with Gasteiger partial charge in [0.25, 0.3) is 0 Å². The average Bonchev–Trinajstić information content (AvgIpc) is 2.28. The topological polar surface area (TPSA) is 38.5 Å². The quantitative estimate of drug-likeness (QED) is 0.869. The zero-order chi connectivity index (χ0) is 14.6. The Balaban J connectivity index is 3.16. The predicted octanol–water partition coefficient (Wildman–Crippen LogP) is 3.44. The minimum Gasteiger partial charge on any atom is -0.496 e. The number of methoxy groups -OCH3 is 1. The first kappa shape index (κ1) is 16.5. The summed E-state index contributed by atoms with van der Waals surface area (Å²) in [4.78, 5) is 2.25. The molecule has 2 N–H and O–H groups in total. The predicted molar refractivity (Wildman–Crippen MR) is 84.6 cm³/mol. The number of rotatable bonds is 6. The van der Waals surface area contributed by atoms with Crippen molar-refractivity contribution in [1.82, 2.24) is 4.90 Å². The summed E-state index contributed by atoms with van der Waals surface area (Å²) in [6, 6.07) is 6.60. The highest BCUT2D eigenvalue weighted by atomic mass is 79.9. The smallest absolute Gasteiger partial charge is 0.133 e. The number of hydrogen-bond acceptors (Lipinski definition) is 3. The van der Waals surface area contributed by atoms with Gasteiger partial charge in [0.1, 0.15) is 5.75 Å². The van der Waals surface area contributed by atoms with Gasteiger partial charge in [-0.3, -0.25) is 0 Å². The molecule has 0 amide bonds. The van der Waals surface area contributed by atoms with Crippen molar-refractivity contribution in [3.63, 3.8) is 0 Å². The highest BCUT2D eigenvalue weighted by Gasteiger charge is 2.32. The van der Waals surface area contributed by atoms with Gasteiger partial charge in [-0.05, 0) is 66.1 Å². The first-order valence-electron chi connectivity index (χ1n) is 6.53. The third kappa shape index (κ3) is 3.94. The largest absolute Gasteiger partial charge is 0.496 e. The van der Waals surface area contributed by atoms with Crippen molar-refractivity contribution in [2.75, 3.05) is 27.7 Å². The Labute approximate surface area is 125 Å². The standard InChI is InChI=1S/C15H25BrN2O/c1-15(2,8-9-17)14(18(3)4)11-6-7-13(19-5)12(16)10-11/h6-7,10,14H,8-9,17H2,1-5H3. The van der Waals surface area contributed by atoms with Gasteiger partial charge >= 0.3 is 0 Å². The monoisotopic (exact) mass is 328 g/mol. The minimum absolute atomic E-state index is 0.117. The second kappa shape index (κ2) is 6.73. The van der Waals surface area contributed by atoms with Crippen LogP contribution in [0, 0.1) is 5.41 Å². The molecule has 0 fully saturated rings. The molecule has 0 bridgehead atoms. The van der Waals surface area contributed by atoms with Crippen LogP contribution in [0.4, 0.5) is 0 Å². The number of nitrogens with zero attached hydrogens (tertiary/aromatic N) is 1. The molecule has 1 aromatic rings. The van der Waals surface area contributed by atoms with Crippen LogP contribution in [-0.2, 0) is 0 Å². The molecule has 0 aliphatic carbocycles. The van der Waals surface area contributed by atoms with Crippen LogP contribution in [0.3, 0.4) is 0 Å². The average molecular weight is 329 g/mol. The van der Waals surface area contributed by atoms with Crippen LogP contribution in [0.1, 0.15) is 31.9 Å². The van der Waals surface area contributed by atoms with Gasteiger partial charge in [-0.1, -0.05) is 19.9 Å². The summed E-state index contributed by atoms with van der Waals surface area (Å²) in [6.07, 6.45) is 0.986. The molecule has 0 aromatic heterocycles. The molecule has 1 atom stereocenters. The molecule has 0 saturated heterocycles. The first-order chi connectivity index (χ1) is 8.83. The maximum Gasteiger partial charge on any atom is 0.133 e. The van der Waals surface area contributed by atoms with Gasteiger partial charge in [0.05, 0.1) is 11.6 Å². The Morgan fingerprint density at radius 3 is 2.42 bits per heavy atom. The summed E-state index contributed by atoms with van der Waals surface area (Å²) in [7, 11) is 5.91. The Morgan fingerprint density at radius 1 is 1.37 bits per heavy atom. The van der Waals surface area contributed by atoms with Crippen LogP contribution in [-0.4, -0.2) is 32.6 Å². The minimum atomic E-state index is 0.117. The zero-order valence-electron chi connectivity index (χ0n) is 12.5. The Bertz CT molecular complexity index is 419. The molecule has 108 valence electrons. The van der Waals surface area contributed by atoms with E-state index in [1.165, 1.54) is 5.56 Å². The van der Waals surface area contributed by atoms with Crippen LogP contribution < -0.4 is 10.5 Å². The molecular formula is C15H25BrN2O. The lowest BCUT2D eigenvalue weighted by Crippen LogP contribution is -2.35. The summed E-state index contributed by atoms with van der Waals surface area (Å²) in [5, 5.41) is 0. The van der Waals surface area contributed by atoms with E-state index in [4.69, 9.17) is 10.5 Å². The van der Waals surface area contributed by atoms with Crippen molar-refractivity contribution in [2.45, 2.75) is 26.3 Å². The molecular weight excluding hydrogens is 304 g/mol. The van der Waals surface area contributed by atoms with Gasteiger partial charge in [-0.15, -0.1) is 0 Å². The maximum atomic E-state index is 5.76. The summed E-state index contributed by atoms with van der Waals surface area (Å²) in [6.45, 7) is 5.24. The van der Waals surface area contributed by atoms with E-state index in [0.29, 0.717) is 12.6 Å². The summed E-state index contributed by atoms with van der Waals surface area (Å²) in [5.41, 5.74) is 7.15. The second-order valence-corrected chi connectivity index (χ2v) is 6.64. The van der Waals surface area contributed by atoms with Crippen LogP contribution in [0.15, 0.2) is 22.7 Å². The lowest BCUT2D eigenvalue weighted by Gasteiger charge is -2.39. The molecule has 1 aromatic carbocycles. The van der Waals surface area contributed by atoms with Crippen LogP contribution in [0.5, 0.6) is 5.75 Å². The van der Waals surface area contributed by atoms with E-state index in [-0.39, 0.29) is 5.41 Å². The number of ether oxygens (including phenoxy) is 1. The molecule has 4 heteroatoms. The number of hydrogen-bond donors (Lipinski definition) is 1. The normalized spacial score (nSPS) is 13.7. The van der Waals surface area contributed by atoms with Gasteiger partial charge in [-0.25, -0.2) is 0 Å². The van der Waals surface area contributed by atoms with E-state index in [2.05, 4.69) is 60.9 Å². The lowest BCUT2D eigenvalue weighted by atomic mass is 9.77. The van der Waals surface area contributed by atoms with E-state index in [1.807, 2.05) is 6.07 Å². The van der Waals surface area contributed by atoms with Crippen LogP contribution in [0.2, 0.25) is 0 Å². The third-order valence-electron chi connectivity index (χ3n) is 3.54. The SMILES string of the molecule is COc1ccc(C(N(C)C)C(C)(C)CCN)cc1Br. The molecule has 19 heavy (non-hydrogen) atoms. The van der Waals surface area contributed by atoms with Crippen molar-refractivity contribution in [2.24, 2.45) is 11.1 Å². The number of halogens is 1. The first-order valence-corrected chi connectivity index (χ1v) is 7.32. The van der Waals surface area contributed by atoms with Crippen LogP contribution in [0.25, 0.3) is 0 Å². The molecule has 1 unspecified atom stereocenters. The second-order valence-electron chi connectivity index (χ2n) is 5.79. The molecule has 1 rings (SSSR count). The van der Waals surface area contributed by atoms with E-state index >= 15 is 0 Å². The van der Waals surface area contributed by atoms with Gasteiger partial charge in [0, 0.05) is 6.04 Å². The molecule has 0 heterocycles. The maximum absolute atomic E-state index is 5.76. The zero-order valence-corrected chi connectivity index (χ0v) is 14.1. The molecule has 0 aliphatic heterocycles. The summed E-state index contributed by atoms with van der Waals surface area (Å²) in [5.74, 6) is 0.859. The number of benzene rings is 1. The third-order valence-corrected chi connectivity index (χ3v) is 4.16. The van der Waals surface area contributed by atoms with Crippen molar-refractivity contribution in [3.05, 3.63) is 28.2 Å². The van der Waals surface area contributed by atoms with Crippen molar-refractivity contribution in [1.29, 1.82) is 0 Å². The fourth-order valence-electron chi connectivity index (χ4n) is 2.81. The Hall–Kier alpha value is -0.580. The molecule has 0 saturated carbocycles. The lowest BCUT2D eigenvalue weighted by molar-refractivity contribution is 0.128. The van der Waals surface area contributed by atoms with Gasteiger partial charge in [-0.2, -0.15) is 0 Å². The highest BCUT2D eigenvalue weighted by molar-refractivity contribution is 9.10. The highest BCUT2D eigenvalue weighted by Crippen LogP contribution is 2.41.